The Hall–Kier alpha value is -0.540. The van der Waals surface area contributed by atoms with Gasteiger partial charge in [0.2, 0.25) is 0 Å². The van der Waals surface area contributed by atoms with Crippen LogP contribution in [0, 0.1) is 5.92 Å². The van der Waals surface area contributed by atoms with E-state index >= 15 is 0 Å². The fourth-order valence-electron chi connectivity index (χ4n) is 2.71. The highest BCUT2D eigenvalue weighted by atomic mass is 79.9. The van der Waals surface area contributed by atoms with Crippen LogP contribution in [0.3, 0.4) is 0 Å². The van der Waals surface area contributed by atoms with Crippen LogP contribution in [0.4, 0.5) is 5.69 Å². The second-order valence-corrected chi connectivity index (χ2v) is 6.08. The second kappa shape index (κ2) is 6.58. The van der Waals surface area contributed by atoms with Crippen LogP contribution in [0.15, 0.2) is 28.7 Å². The lowest BCUT2D eigenvalue weighted by Gasteiger charge is -2.39. The standard InChI is InChI=1S/C15H23BrN2/c1-3-9-17-14-8-10-18(11-12(14)2)15-7-5-4-6-13(15)16/h4-7,12,14,17H,3,8-11H2,1-2H3. The number of nitrogens with one attached hydrogen (secondary N) is 1. The molecule has 1 heterocycles. The van der Waals surface area contributed by atoms with E-state index < -0.39 is 0 Å². The highest BCUT2D eigenvalue weighted by Gasteiger charge is 2.26. The maximum absolute atomic E-state index is 3.67. The minimum Gasteiger partial charge on any atom is -0.370 e. The first-order valence-corrected chi connectivity index (χ1v) is 7.74. The number of hydrogen-bond donors (Lipinski definition) is 1. The average molecular weight is 311 g/mol. The van der Waals surface area contributed by atoms with Crippen LogP contribution in [-0.4, -0.2) is 25.7 Å². The molecule has 1 fully saturated rings. The van der Waals surface area contributed by atoms with Crippen LogP contribution in [0.1, 0.15) is 26.7 Å². The SMILES string of the molecule is CCCNC1CCN(c2ccccc2Br)CC1C. The molecule has 0 amide bonds. The third-order valence-corrected chi connectivity index (χ3v) is 4.43. The lowest BCUT2D eigenvalue weighted by molar-refractivity contribution is 0.322. The Bertz CT molecular complexity index is 381. The van der Waals surface area contributed by atoms with Crippen LogP contribution < -0.4 is 10.2 Å². The van der Waals surface area contributed by atoms with Crippen molar-refractivity contribution in [2.45, 2.75) is 32.7 Å². The van der Waals surface area contributed by atoms with Crippen molar-refractivity contribution in [1.29, 1.82) is 0 Å². The summed E-state index contributed by atoms with van der Waals surface area (Å²) in [4.78, 5) is 2.50. The predicted molar refractivity (Wildman–Crippen MR) is 82.2 cm³/mol. The summed E-state index contributed by atoms with van der Waals surface area (Å²) < 4.78 is 1.21. The van der Waals surface area contributed by atoms with Gasteiger partial charge in [-0.15, -0.1) is 0 Å². The molecule has 0 radical (unpaired) electrons. The first-order valence-electron chi connectivity index (χ1n) is 6.95. The minimum absolute atomic E-state index is 0.684. The van der Waals surface area contributed by atoms with Crippen molar-refractivity contribution in [3.63, 3.8) is 0 Å². The highest BCUT2D eigenvalue weighted by molar-refractivity contribution is 9.10. The predicted octanol–water partition coefficient (Wildman–Crippen LogP) is 3.66. The van der Waals surface area contributed by atoms with Crippen molar-refractivity contribution in [1.82, 2.24) is 5.32 Å². The average Bonchev–Trinajstić information content (AvgIpc) is 2.38. The van der Waals surface area contributed by atoms with Gasteiger partial charge in [0.05, 0.1) is 5.69 Å². The third kappa shape index (κ3) is 3.27. The summed E-state index contributed by atoms with van der Waals surface area (Å²) in [6, 6.07) is 9.21. The number of halogens is 1. The summed E-state index contributed by atoms with van der Waals surface area (Å²) in [5, 5.41) is 3.67. The van der Waals surface area contributed by atoms with Gasteiger partial charge in [-0.25, -0.2) is 0 Å². The summed E-state index contributed by atoms with van der Waals surface area (Å²) in [6.07, 6.45) is 2.46. The Morgan fingerprint density at radius 1 is 1.39 bits per heavy atom. The summed E-state index contributed by atoms with van der Waals surface area (Å²) in [5.74, 6) is 0.706. The maximum Gasteiger partial charge on any atom is 0.0510 e. The molecule has 0 saturated carbocycles. The van der Waals surface area contributed by atoms with E-state index in [1.807, 2.05) is 0 Å². The summed E-state index contributed by atoms with van der Waals surface area (Å²) in [6.45, 7) is 8.02. The number of para-hydroxylation sites is 1. The largest absolute Gasteiger partial charge is 0.370 e. The van der Waals surface area contributed by atoms with Crippen molar-refractivity contribution in [3.05, 3.63) is 28.7 Å². The first kappa shape index (κ1) is 13.9. The highest BCUT2D eigenvalue weighted by Crippen LogP contribution is 2.29. The molecule has 3 heteroatoms. The van der Waals surface area contributed by atoms with Crippen LogP contribution >= 0.6 is 15.9 Å². The molecule has 1 aromatic carbocycles. The van der Waals surface area contributed by atoms with Crippen molar-refractivity contribution in [3.8, 4) is 0 Å². The molecule has 0 aliphatic carbocycles. The molecule has 0 aromatic heterocycles. The van der Waals surface area contributed by atoms with Gasteiger partial charge < -0.3 is 10.2 Å². The zero-order valence-electron chi connectivity index (χ0n) is 11.3. The molecule has 100 valence electrons. The zero-order chi connectivity index (χ0) is 13.0. The van der Waals surface area contributed by atoms with Gasteiger partial charge >= 0.3 is 0 Å². The van der Waals surface area contributed by atoms with Crippen molar-refractivity contribution in [2.24, 2.45) is 5.92 Å². The Kier molecular flexibility index (Phi) is 5.07. The smallest absolute Gasteiger partial charge is 0.0510 e. The minimum atomic E-state index is 0.684. The maximum atomic E-state index is 3.67. The third-order valence-electron chi connectivity index (χ3n) is 3.75. The monoisotopic (exact) mass is 310 g/mol. The normalized spacial score (nSPS) is 24.3. The van der Waals surface area contributed by atoms with Crippen LogP contribution in [0.5, 0.6) is 0 Å². The number of nitrogens with zero attached hydrogens (tertiary/aromatic N) is 1. The number of benzene rings is 1. The molecule has 2 atom stereocenters. The first-order chi connectivity index (χ1) is 8.72. The van der Waals surface area contributed by atoms with Crippen LogP contribution in [0.2, 0.25) is 0 Å². The van der Waals surface area contributed by atoms with Gasteiger partial charge in [0.15, 0.2) is 0 Å². The zero-order valence-corrected chi connectivity index (χ0v) is 12.9. The van der Waals surface area contributed by atoms with Crippen molar-refractivity contribution in [2.75, 3.05) is 24.5 Å². The fraction of sp³-hybridized carbons (Fsp3) is 0.600. The van der Waals surface area contributed by atoms with Crippen molar-refractivity contribution < 1.29 is 0 Å². The van der Waals surface area contributed by atoms with E-state index in [4.69, 9.17) is 0 Å². The molecule has 18 heavy (non-hydrogen) atoms. The number of piperidine rings is 1. The molecule has 2 rings (SSSR count). The van der Waals surface area contributed by atoms with Crippen molar-refractivity contribution >= 4 is 21.6 Å². The number of hydrogen-bond acceptors (Lipinski definition) is 2. The molecule has 2 unspecified atom stereocenters. The van der Waals surface area contributed by atoms with Crippen LogP contribution in [0.25, 0.3) is 0 Å². The van der Waals surface area contributed by atoms with Crippen LogP contribution in [-0.2, 0) is 0 Å². The van der Waals surface area contributed by atoms with Gasteiger partial charge in [-0.05, 0) is 53.4 Å². The molecule has 1 aromatic rings. The molecule has 2 nitrogen and oxygen atoms in total. The van der Waals surface area contributed by atoms with Gasteiger partial charge in [0, 0.05) is 23.6 Å². The van der Waals surface area contributed by atoms with Gasteiger partial charge in [-0.1, -0.05) is 26.0 Å². The van der Waals surface area contributed by atoms with E-state index in [1.54, 1.807) is 0 Å². The molecule has 1 N–H and O–H groups in total. The second-order valence-electron chi connectivity index (χ2n) is 5.22. The van der Waals surface area contributed by atoms with E-state index in [0.717, 1.165) is 19.6 Å². The lowest BCUT2D eigenvalue weighted by Crippen LogP contribution is -2.48. The molecule has 0 spiro atoms. The molecular weight excluding hydrogens is 288 g/mol. The van der Waals surface area contributed by atoms with Gasteiger partial charge in [0.25, 0.3) is 0 Å². The van der Waals surface area contributed by atoms with E-state index in [9.17, 15) is 0 Å². The topological polar surface area (TPSA) is 15.3 Å². The van der Waals surface area contributed by atoms with E-state index in [2.05, 4.69) is 64.3 Å². The Balaban J connectivity index is 1.98. The van der Waals surface area contributed by atoms with E-state index in [0.29, 0.717) is 12.0 Å². The van der Waals surface area contributed by atoms with Gasteiger partial charge in [0.1, 0.15) is 0 Å². The molecule has 1 aliphatic rings. The Labute approximate surface area is 119 Å². The van der Waals surface area contributed by atoms with Gasteiger partial charge in [-0.3, -0.25) is 0 Å². The summed E-state index contributed by atoms with van der Waals surface area (Å²) >= 11 is 3.65. The molecular formula is C15H23BrN2. The number of rotatable bonds is 4. The summed E-state index contributed by atoms with van der Waals surface area (Å²) in [7, 11) is 0. The quantitative estimate of drug-likeness (QED) is 0.913. The van der Waals surface area contributed by atoms with E-state index in [-0.39, 0.29) is 0 Å². The fourth-order valence-corrected chi connectivity index (χ4v) is 3.24. The van der Waals surface area contributed by atoms with Gasteiger partial charge in [-0.2, -0.15) is 0 Å². The summed E-state index contributed by atoms with van der Waals surface area (Å²) in [5.41, 5.74) is 1.33. The number of anilines is 1. The molecule has 1 aliphatic heterocycles. The lowest BCUT2D eigenvalue weighted by atomic mass is 9.93. The molecule has 0 bridgehead atoms. The van der Waals surface area contributed by atoms with E-state index in [1.165, 1.54) is 23.0 Å². The Morgan fingerprint density at radius 3 is 2.83 bits per heavy atom. The molecule has 1 saturated heterocycles. The Morgan fingerprint density at radius 2 is 2.17 bits per heavy atom.